The normalized spacial score (nSPS) is 18.0. The van der Waals surface area contributed by atoms with Gasteiger partial charge in [-0.2, -0.15) is 4.31 Å². The highest BCUT2D eigenvalue weighted by atomic mass is 32.2. The summed E-state index contributed by atoms with van der Waals surface area (Å²) in [6.45, 7) is 5.04. The first kappa shape index (κ1) is 19.1. The minimum atomic E-state index is -3.72. The van der Waals surface area contributed by atoms with Gasteiger partial charge >= 0.3 is 0 Å². The van der Waals surface area contributed by atoms with Crippen LogP contribution in [0.2, 0.25) is 0 Å². The number of sulfonamides is 1. The standard InChI is InChI=1S/C19H23NO4S2/c1-3-23-16-10-11-17(24-4-2)18(14-16)26(21,22)20-12-13-25-19(20)15-8-6-5-7-9-15/h5-11,14,19H,3-4,12-13H2,1-2H3. The van der Waals surface area contributed by atoms with Gasteiger partial charge in [-0.15, -0.1) is 11.8 Å². The summed E-state index contributed by atoms with van der Waals surface area (Å²) in [5.74, 6) is 1.64. The third-order valence-electron chi connectivity index (χ3n) is 4.05. The average Bonchev–Trinajstić information content (AvgIpc) is 3.15. The highest BCUT2D eigenvalue weighted by molar-refractivity contribution is 8.01. The van der Waals surface area contributed by atoms with E-state index in [2.05, 4.69) is 0 Å². The Balaban J connectivity index is 2.02. The lowest BCUT2D eigenvalue weighted by atomic mass is 10.2. The van der Waals surface area contributed by atoms with Gasteiger partial charge in [0.15, 0.2) is 0 Å². The Morgan fingerprint density at radius 3 is 2.50 bits per heavy atom. The molecule has 1 saturated heterocycles. The van der Waals surface area contributed by atoms with E-state index in [1.165, 1.54) is 0 Å². The Bertz CT molecular complexity index is 840. The topological polar surface area (TPSA) is 55.8 Å². The zero-order valence-corrected chi connectivity index (χ0v) is 16.6. The van der Waals surface area contributed by atoms with Crippen molar-refractivity contribution in [3.8, 4) is 11.5 Å². The SMILES string of the molecule is CCOc1ccc(OCC)c(S(=O)(=O)N2CCSC2c2ccccc2)c1. The lowest BCUT2D eigenvalue weighted by molar-refractivity contribution is 0.320. The lowest BCUT2D eigenvalue weighted by Crippen LogP contribution is -2.31. The van der Waals surface area contributed by atoms with Gasteiger partial charge < -0.3 is 9.47 Å². The molecule has 2 aromatic carbocycles. The van der Waals surface area contributed by atoms with Crippen molar-refractivity contribution in [2.75, 3.05) is 25.5 Å². The van der Waals surface area contributed by atoms with Crippen LogP contribution in [0.5, 0.6) is 11.5 Å². The molecule has 1 aliphatic rings. The van der Waals surface area contributed by atoms with E-state index < -0.39 is 10.0 Å². The number of hydrogen-bond donors (Lipinski definition) is 0. The summed E-state index contributed by atoms with van der Waals surface area (Å²) in [6.07, 6.45) is 0. The van der Waals surface area contributed by atoms with Gasteiger partial charge in [0.05, 0.1) is 18.6 Å². The fourth-order valence-corrected chi connectivity index (χ4v) is 6.32. The smallest absolute Gasteiger partial charge is 0.248 e. The quantitative estimate of drug-likeness (QED) is 0.714. The second-order valence-electron chi connectivity index (χ2n) is 5.72. The van der Waals surface area contributed by atoms with Crippen LogP contribution in [0.4, 0.5) is 0 Å². The van der Waals surface area contributed by atoms with Gasteiger partial charge in [0, 0.05) is 18.4 Å². The molecule has 1 unspecified atom stereocenters. The predicted molar refractivity (Wildman–Crippen MR) is 104 cm³/mol. The summed E-state index contributed by atoms with van der Waals surface area (Å²) in [5.41, 5.74) is 0.984. The molecule has 2 aromatic rings. The zero-order chi connectivity index (χ0) is 18.6. The van der Waals surface area contributed by atoms with E-state index in [-0.39, 0.29) is 10.3 Å². The molecule has 1 aliphatic heterocycles. The van der Waals surface area contributed by atoms with Crippen molar-refractivity contribution in [1.29, 1.82) is 0 Å². The maximum Gasteiger partial charge on any atom is 0.248 e. The second-order valence-corrected chi connectivity index (χ2v) is 8.77. The third kappa shape index (κ3) is 3.84. The molecule has 1 fully saturated rings. The summed E-state index contributed by atoms with van der Waals surface area (Å²) in [6, 6.07) is 14.7. The fraction of sp³-hybridized carbons (Fsp3) is 0.368. The lowest BCUT2D eigenvalue weighted by Gasteiger charge is -2.25. The summed E-state index contributed by atoms with van der Waals surface area (Å²) < 4.78 is 39.5. The fourth-order valence-electron chi connectivity index (χ4n) is 2.93. The molecule has 1 heterocycles. The molecule has 3 rings (SSSR count). The largest absolute Gasteiger partial charge is 0.494 e. The number of benzene rings is 2. The van der Waals surface area contributed by atoms with Gasteiger partial charge in [0.2, 0.25) is 10.0 Å². The van der Waals surface area contributed by atoms with Gasteiger partial charge in [-0.25, -0.2) is 8.42 Å². The number of rotatable bonds is 7. The van der Waals surface area contributed by atoms with Crippen molar-refractivity contribution >= 4 is 21.8 Å². The van der Waals surface area contributed by atoms with E-state index in [9.17, 15) is 8.42 Å². The van der Waals surface area contributed by atoms with Crippen LogP contribution in [0, 0.1) is 0 Å². The first-order valence-electron chi connectivity index (χ1n) is 8.66. The Morgan fingerprint density at radius 1 is 1.08 bits per heavy atom. The molecule has 7 heteroatoms. The van der Waals surface area contributed by atoms with Crippen molar-refractivity contribution in [2.45, 2.75) is 24.1 Å². The molecule has 0 radical (unpaired) electrons. The number of hydrogen-bond acceptors (Lipinski definition) is 5. The van der Waals surface area contributed by atoms with Crippen LogP contribution in [-0.2, 0) is 10.0 Å². The van der Waals surface area contributed by atoms with E-state index in [4.69, 9.17) is 9.47 Å². The molecule has 0 aliphatic carbocycles. The highest BCUT2D eigenvalue weighted by Gasteiger charge is 2.38. The molecule has 0 saturated carbocycles. The first-order valence-corrected chi connectivity index (χ1v) is 11.1. The maximum absolute atomic E-state index is 13.4. The Morgan fingerprint density at radius 2 is 1.81 bits per heavy atom. The Kier molecular flexibility index (Phi) is 6.11. The van der Waals surface area contributed by atoms with Crippen molar-refractivity contribution in [3.05, 3.63) is 54.1 Å². The van der Waals surface area contributed by atoms with Crippen LogP contribution in [0.1, 0.15) is 24.8 Å². The highest BCUT2D eigenvalue weighted by Crippen LogP contribution is 2.43. The summed E-state index contributed by atoms with van der Waals surface area (Å²) in [7, 11) is -3.72. The molecule has 0 N–H and O–H groups in total. The molecule has 0 amide bonds. The van der Waals surface area contributed by atoms with Crippen molar-refractivity contribution in [1.82, 2.24) is 4.31 Å². The summed E-state index contributed by atoms with van der Waals surface area (Å²) >= 11 is 1.63. The van der Waals surface area contributed by atoms with Gasteiger partial charge in [-0.3, -0.25) is 0 Å². The molecule has 0 aromatic heterocycles. The van der Waals surface area contributed by atoms with Crippen LogP contribution < -0.4 is 9.47 Å². The van der Waals surface area contributed by atoms with Gasteiger partial charge in [-0.1, -0.05) is 30.3 Å². The van der Waals surface area contributed by atoms with E-state index in [0.717, 1.165) is 11.3 Å². The van der Waals surface area contributed by atoms with Crippen molar-refractivity contribution < 1.29 is 17.9 Å². The minimum absolute atomic E-state index is 0.161. The molecular weight excluding hydrogens is 370 g/mol. The average molecular weight is 394 g/mol. The van der Waals surface area contributed by atoms with E-state index >= 15 is 0 Å². The summed E-state index contributed by atoms with van der Waals surface area (Å²) in [4.78, 5) is 0.161. The Hall–Kier alpha value is -1.70. The van der Waals surface area contributed by atoms with Crippen LogP contribution in [0.3, 0.4) is 0 Å². The molecule has 0 bridgehead atoms. The van der Waals surface area contributed by atoms with Crippen molar-refractivity contribution in [2.24, 2.45) is 0 Å². The zero-order valence-electron chi connectivity index (χ0n) is 14.9. The molecule has 1 atom stereocenters. The maximum atomic E-state index is 13.4. The molecule has 26 heavy (non-hydrogen) atoms. The van der Waals surface area contributed by atoms with Crippen LogP contribution in [-0.4, -0.2) is 38.2 Å². The van der Waals surface area contributed by atoms with Crippen LogP contribution in [0.25, 0.3) is 0 Å². The molecule has 140 valence electrons. The van der Waals surface area contributed by atoms with Crippen molar-refractivity contribution in [3.63, 3.8) is 0 Å². The van der Waals surface area contributed by atoms with E-state index in [1.807, 2.05) is 44.2 Å². The number of nitrogens with zero attached hydrogens (tertiary/aromatic N) is 1. The molecule has 5 nitrogen and oxygen atoms in total. The molecule has 0 spiro atoms. The van der Waals surface area contributed by atoms with Crippen LogP contribution in [0.15, 0.2) is 53.4 Å². The van der Waals surface area contributed by atoms with Crippen LogP contribution >= 0.6 is 11.8 Å². The first-order chi connectivity index (χ1) is 12.6. The molecular formula is C19H23NO4S2. The van der Waals surface area contributed by atoms with E-state index in [1.54, 1.807) is 34.3 Å². The van der Waals surface area contributed by atoms with Gasteiger partial charge in [-0.05, 0) is 31.5 Å². The van der Waals surface area contributed by atoms with E-state index in [0.29, 0.717) is 31.3 Å². The number of thioether (sulfide) groups is 1. The summed E-state index contributed by atoms with van der Waals surface area (Å²) in [5, 5.41) is -0.230. The monoisotopic (exact) mass is 393 g/mol. The predicted octanol–water partition coefficient (Wildman–Crippen LogP) is 3.92. The second kappa shape index (κ2) is 8.33. The Labute approximate surface area is 159 Å². The van der Waals surface area contributed by atoms with Gasteiger partial charge in [0.25, 0.3) is 0 Å². The number of ether oxygens (including phenoxy) is 2. The third-order valence-corrected chi connectivity index (χ3v) is 7.33. The minimum Gasteiger partial charge on any atom is -0.494 e. The van der Waals surface area contributed by atoms with Gasteiger partial charge in [0.1, 0.15) is 16.4 Å².